The lowest BCUT2D eigenvalue weighted by molar-refractivity contribution is -0.133. The van der Waals surface area contributed by atoms with Gasteiger partial charge in [0, 0.05) is 13.5 Å². The van der Waals surface area contributed by atoms with Gasteiger partial charge in [-0.15, -0.1) is 0 Å². The molecule has 0 aliphatic carbocycles. The zero-order valence-corrected chi connectivity index (χ0v) is 9.08. The summed E-state index contributed by atoms with van der Waals surface area (Å²) in [5.41, 5.74) is 0. The molecular formula is C10H21NO2. The van der Waals surface area contributed by atoms with E-state index in [0.29, 0.717) is 12.3 Å². The van der Waals surface area contributed by atoms with E-state index in [0.717, 1.165) is 6.42 Å². The predicted octanol–water partition coefficient (Wildman–Crippen LogP) is 1.26. The average molecular weight is 187 g/mol. The number of hydrogen-bond donors (Lipinski definition) is 1. The molecule has 0 heterocycles. The number of aliphatic hydroxyl groups is 1. The van der Waals surface area contributed by atoms with Gasteiger partial charge in [0.25, 0.3) is 0 Å². The van der Waals surface area contributed by atoms with Crippen molar-refractivity contribution in [2.75, 3.05) is 13.7 Å². The van der Waals surface area contributed by atoms with Gasteiger partial charge in [-0.2, -0.15) is 0 Å². The monoisotopic (exact) mass is 187 g/mol. The smallest absolute Gasteiger partial charge is 0.222 e. The first kappa shape index (κ1) is 12.4. The first-order valence-electron chi connectivity index (χ1n) is 4.89. The summed E-state index contributed by atoms with van der Waals surface area (Å²) in [6.45, 7) is 6.01. The maximum Gasteiger partial charge on any atom is 0.222 e. The van der Waals surface area contributed by atoms with Gasteiger partial charge in [-0.05, 0) is 12.8 Å². The van der Waals surface area contributed by atoms with Gasteiger partial charge in [0.2, 0.25) is 5.91 Å². The fourth-order valence-electron chi connectivity index (χ4n) is 0.955. The second kappa shape index (κ2) is 5.97. The summed E-state index contributed by atoms with van der Waals surface area (Å²) >= 11 is 0. The zero-order chi connectivity index (χ0) is 10.4. The largest absolute Gasteiger partial charge is 0.394 e. The number of amides is 1. The van der Waals surface area contributed by atoms with Crippen LogP contribution < -0.4 is 0 Å². The molecule has 78 valence electrons. The second-order valence-corrected chi connectivity index (χ2v) is 3.75. The van der Waals surface area contributed by atoms with Crippen molar-refractivity contribution in [3.8, 4) is 0 Å². The third kappa shape index (κ3) is 4.27. The fourth-order valence-corrected chi connectivity index (χ4v) is 0.955. The highest BCUT2D eigenvalue weighted by Gasteiger charge is 2.16. The summed E-state index contributed by atoms with van der Waals surface area (Å²) in [6.07, 6.45) is 1.60. The summed E-state index contributed by atoms with van der Waals surface area (Å²) in [6, 6.07) is -0.0726. The molecule has 3 heteroatoms. The van der Waals surface area contributed by atoms with E-state index in [1.807, 2.05) is 6.92 Å². The van der Waals surface area contributed by atoms with E-state index >= 15 is 0 Å². The van der Waals surface area contributed by atoms with E-state index in [4.69, 9.17) is 5.11 Å². The quantitative estimate of drug-likeness (QED) is 0.704. The topological polar surface area (TPSA) is 40.5 Å². The van der Waals surface area contributed by atoms with Gasteiger partial charge in [0.15, 0.2) is 0 Å². The molecule has 0 aromatic heterocycles. The molecular weight excluding hydrogens is 166 g/mol. The van der Waals surface area contributed by atoms with Crippen LogP contribution in [0.2, 0.25) is 0 Å². The van der Waals surface area contributed by atoms with Crippen LogP contribution in [0.4, 0.5) is 0 Å². The Morgan fingerprint density at radius 1 is 1.46 bits per heavy atom. The van der Waals surface area contributed by atoms with Gasteiger partial charge in [-0.1, -0.05) is 20.3 Å². The van der Waals surface area contributed by atoms with E-state index in [-0.39, 0.29) is 18.6 Å². The Hall–Kier alpha value is -0.570. The molecule has 0 aliphatic heterocycles. The van der Waals surface area contributed by atoms with Crippen LogP contribution in [0.5, 0.6) is 0 Å². The van der Waals surface area contributed by atoms with Crippen LogP contribution in [0.1, 0.15) is 33.6 Å². The van der Waals surface area contributed by atoms with Crippen molar-refractivity contribution in [2.45, 2.75) is 39.7 Å². The molecule has 0 aliphatic rings. The zero-order valence-electron chi connectivity index (χ0n) is 9.08. The van der Waals surface area contributed by atoms with Gasteiger partial charge in [-0.3, -0.25) is 4.79 Å². The Morgan fingerprint density at radius 2 is 2.00 bits per heavy atom. The maximum atomic E-state index is 11.5. The minimum atomic E-state index is -0.0726. The lowest BCUT2D eigenvalue weighted by Gasteiger charge is -2.24. The Bertz CT molecular complexity index is 159. The summed E-state index contributed by atoms with van der Waals surface area (Å²) in [7, 11) is 1.74. The Balaban J connectivity index is 3.96. The lowest BCUT2D eigenvalue weighted by Crippen LogP contribution is -2.37. The number of aliphatic hydroxyl groups excluding tert-OH is 1. The minimum Gasteiger partial charge on any atom is -0.394 e. The van der Waals surface area contributed by atoms with Crippen molar-refractivity contribution < 1.29 is 9.90 Å². The van der Waals surface area contributed by atoms with E-state index in [9.17, 15) is 4.79 Å². The highest BCUT2D eigenvalue weighted by molar-refractivity contribution is 5.76. The molecule has 2 atom stereocenters. The van der Waals surface area contributed by atoms with Crippen LogP contribution in [0.25, 0.3) is 0 Å². The van der Waals surface area contributed by atoms with Crippen LogP contribution in [0.3, 0.4) is 0 Å². The number of rotatable bonds is 5. The summed E-state index contributed by atoms with van der Waals surface area (Å²) in [4.78, 5) is 13.1. The highest BCUT2D eigenvalue weighted by atomic mass is 16.3. The minimum absolute atomic E-state index is 0.0305. The Labute approximate surface area is 80.7 Å². The molecule has 0 radical (unpaired) electrons. The summed E-state index contributed by atoms with van der Waals surface area (Å²) in [5.74, 6) is 0.553. The van der Waals surface area contributed by atoms with E-state index in [2.05, 4.69) is 13.8 Å². The molecule has 3 nitrogen and oxygen atoms in total. The average Bonchev–Trinajstić information content (AvgIpc) is 2.14. The normalized spacial score (nSPS) is 15.2. The summed E-state index contributed by atoms with van der Waals surface area (Å²) < 4.78 is 0. The molecule has 0 rings (SSSR count). The highest BCUT2D eigenvalue weighted by Crippen LogP contribution is 2.09. The third-order valence-electron chi connectivity index (χ3n) is 2.54. The molecule has 0 saturated heterocycles. The number of likely N-dealkylation sites (N-methyl/N-ethyl adjacent to an activating group) is 1. The van der Waals surface area contributed by atoms with Crippen molar-refractivity contribution in [2.24, 2.45) is 5.92 Å². The number of nitrogens with zero attached hydrogens (tertiary/aromatic N) is 1. The third-order valence-corrected chi connectivity index (χ3v) is 2.54. The van der Waals surface area contributed by atoms with Crippen molar-refractivity contribution in [3.63, 3.8) is 0 Å². The number of hydrogen-bond acceptors (Lipinski definition) is 2. The van der Waals surface area contributed by atoms with Gasteiger partial charge >= 0.3 is 0 Å². The van der Waals surface area contributed by atoms with Crippen LogP contribution in [-0.2, 0) is 4.79 Å². The maximum absolute atomic E-state index is 11.5. The molecule has 0 fully saturated rings. The van der Waals surface area contributed by atoms with Gasteiger partial charge in [0.05, 0.1) is 12.6 Å². The van der Waals surface area contributed by atoms with E-state index in [1.165, 1.54) is 0 Å². The predicted molar refractivity (Wildman–Crippen MR) is 53.4 cm³/mol. The van der Waals surface area contributed by atoms with Gasteiger partial charge in [0.1, 0.15) is 0 Å². The van der Waals surface area contributed by atoms with Crippen LogP contribution in [-0.4, -0.2) is 35.6 Å². The molecule has 1 amide bonds. The molecule has 0 aromatic rings. The standard InChI is InChI=1S/C10H21NO2/c1-5-8(2)6-10(13)11(4)9(3)7-12/h8-9,12H,5-7H2,1-4H3. The van der Waals surface area contributed by atoms with Crippen molar-refractivity contribution in [1.29, 1.82) is 0 Å². The molecule has 0 bridgehead atoms. The number of carbonyl (C=O) groups is 1. The molecule has 0 aromatic carbocycles. The molecule has 0 saturated carbocycles. The molecule has 0 spiro atoms. The van der Waals surface area contributed by atoms with Crippen LogP contribution >= 0.6 is 0 Å². The first-order chi connectivity index (χ1) is 6.02. The molecule has 1 N–H and O–H groups in total. The first-order valence-corrected chi connectivity index (χ1v) is 4.89. The van der Waals surface area contributed by atoms with Crippen molar-refractivity contribution >= 4 is 5.91 Å². The SMILES string of the molecule is CCC(C)CC(=O)N(C)C(C)CO. The van der Waals surface area contributed by atoms with Gasteiger partial charge in [-0.25, -0.2) is 0 Å². The van der Waals surface area contributed by atoms with Crippen LogP contribution in [0, 0.1) is 5.92 Å². The molecule has 13 heavy (non-hydrogen) atoms. The van der Waals surface area contributed by atoms with Crippen molar-refractivity contribution in [1.82, 2.24) is 4.90 Å². The Morgan fingerprint density at radius 3 is 2.38 bits per heavy atom. The van der Waals surface area contributed by atoms with Crippen LogP contribution in [0.15, 0.2) is 0 Å². The molecule has 2 unspecified atom stereocenters. The summed E-state index contributed by atoms with van der Waals surface area (Å²) in [5, 5.41) is 8.85. The lowest BCUT2D eigenvalue weighted by atomic mass is 10.0. The fraction of sp³-hybridized carbons (Fsp3) is 0.900. The van der Waals surface area contributed by atoms with E-state index in [1.54, 1.807) is 11.9 Å². The number of carbonyl (C=O) groups excluding carboxylic acids is 1. The van der Waals surface area contributed by atoms with E-state index < -0.39 is 0 Å². The second-order valence-electron chi connectivity index (χ2n) is 3.75. The van der Waals surface area contributed by atoms with Gasteiger partial charge < -0.3 is 10.0 Å². The van der Waals surface area contributed by atoms with Crippen molar-refractivity contribution in [3.05, 3.63) is 0 Å². The Kier molecular flexibility index (Phi) is 5.71.